The van der Waals surface area contributed by atoms with E-state index in [1.165, 1.54) is 24.3 Å². The summed E-state index contributed by atoms with van der Waals surface area (Å²) in [6.45, 7) is 4.83. The molecule has 0 unspecified atom stereocenters. The van der Waals surface area contributed by atoms with E-state index < -0.39 is 51.9 Å². The summed E-state index contributed by atoms with van der Waals surface area (Å²) < 4.78 is 99.3. The van der Waals surface area contributed by atoms with E-state index in [9.17, 15) is 35.8 Å². The average Bonchev–Trinajstić information content (AvgIpc) is 2.64. The summed E-state index contributed by atoms with van der Waals surface area (Å²) in [4.78, 5) is 0. The first-order valence-electron chi connectivity index (χ1n) is 9.35. The zero-order valence-electron chi connectivity index (χ0n) is 17.7. The highest BCUT2D eigenvalue weighted by Gasteiger charge is 2.40. The lowest BCUT2D eigenvalue weighted by atomic mass is 9.81. The Balaban J connectivity index is 2.74. The molecule has 33 heavy (non-hydrogen) atoms. The maximum Gasteiger partial charge on any atom is 0.573 e. The fourth-order valence-electron chi connectivity index (χ4n) is 2.87. The van der Waals surface area contributed by atoms with Crippen LogP contribution in [0.3, 0.4) is 0 Å². The number of nitrogens with zero attached hydrogens (tertiary/aromatic N) is 1. The van der Waals surface area contributed by atoms with Crippen LogP contribution in [0.25, 0.3) is 0 Å². The van der Waals surface area contributed by atoms with E-state index in [1.54, 1.807) is 20.8 Å². The van der Waals surface area contributed by atoms with Crippen LogP contribution in [-0.4, -0.2) is 21.7 Å². The van der Waals surface area contributed by atoms with Crippen LogP contribution in [0.4, 0.5) is 26.3 Å². The molecule has 0 spiro atoms. The number of hydrogen-bond donors (Lipinski definition) is 1. The van der Waals surface area contributed by atoms with Crippen molar-refractivity contribution >= 4 is 11.0 Å². The van der Waals surface area contributed by atoms with Crippen molar-refractivity contribution in [3.63, 3.8) is 0 Å². The van der Waals surface area contributed by atoms with Crippen molar-refractivity contribution in [2.75, 3.05) is 0 Å². The molecule has 2 aromatic rings. The average molecular weight is 494 g/mol. The molecular weight excluding hydrogens is 474 g/mol. The minimum Gasteiger partial charge on any atom is -0.406 e. The van der Waals surface area contributed by atoms with E-state index in [1.807, 2.05) is 6.07 Å². The predicted molar refractivity (Wildman–Crippen MR) is 108 cm³/mol. The Hall–Kier alpha value is -2.78. The summed E-state index contributed by atoms with van der Waals surface area (Å²) in [5, 5.41) is 9.54. The quantitative estimate of drug-likeness (QED) is 0.502. The summed E-state index contributed by atoms with van der Waals surface area (Å²) in [5.74, 6) is -1.23. The third-order valence-electron chi connectivity index (χ3n) is 4.29. The molecule has 2 aromatic carbocycles. The van der Waals surface area contributed by atoms with E-state index in [4.69, 9.17) is 0 Å². The number of rotatable bonds is 7. The molecule has 2 rings (SSSR count). The maximum atomic E-state index is 13.0. The van der Waals surface area contributed by atoms with Crippen molar-refractivity contribution in [1.82, 2.24) is 4.72 Å². The van der Waals surface area contributed by atoms with Gasteiger partial charge in [-0.2, -0.15) is 5.26 Å². The lowest BCUT2D eigenvalue weighted by Crippen LogP contribution is -2.48. The molecule has 12 heteroatoms. The molecule has 0 saturated heterocycles. The molecule has 0 fully saturated rings. The Morgan fingerprint density at radius 1 is 0.879 bits per heavy atom. The van der Waals surface area contributed by atoms with Gasteiger partial charge in [-0.25, -0.2) is 8.93 Å². The highest BCUT2D eigenvalue weighted by molar-refractivity contribution is 7.84. The van der Waals surface area contributed by atoms with Gasteiger partial charge in [0.2, 0.25) is 0 Å². The van der Waals surface area contributed by atoms with Gasteiger partial charge >= 0.3 is 12.7 Å². The Morgan fingerprint density at radius 3 is 1.64 bits per heavy atom. The summed E-state index contributed by atoms with van der Waals surface area (Å²) in [6.07, 6.45) is -10.5. The van der Waals surface area contributed by atoms with Gasteiger partial charge in [-0.1, -0.05) is 24.3 Å². The summed E-state index contributed by atoms with van der Waals surface area (Å²) in [7, 11) is -1.89. The van der Waals surface area contributed by atoms with E-state index in [-0.39, 0.29) is 11.1 Å². The zero-order chi connectivity index (χ0) is 25.1. The molecule has 1 N–H and O–H groups in total. The Morgan fingerprint density at radius 2 is 1.30 bits per heavy atom. The molecule has 1 atom stereocenters. The van der Waals surface area contributed by atoms with Gasteiger partial charge in [0.15, 0.2) is 0 Å². The van der Waals surface area contributed by atoms with Gasteiger partial charge in [0, 0.05) is 0 Å². The van der Waals surface area contributed by atoms with Crippen LogP contribution in [0.1, 0.15) is 38.3 Å². The van der Waals surface area contributed by atoms with Crippen LogP contribution in [0.2, 0.25) is 0 Å². The van der Waals surface area contributed by atoms with Gasteiger partial charge in [0.1, 0.15) is 11.5 Å². The number of benzene rings is 2. The van der Waals surface area contributed by atoms with E-state index in [0.29, 0.717) is 0 Å². The Bertz CT molecular complexity index is 982. The molecule has 0 aromatic heterocycles. The number of nitriles is 1. The van der Waals surface area contributed by atoms with Crippen LogP contribution in [0.15, 0.2) is 48.5 Å². The summed E-state index contributed by atoms with van der Waals surface area (Å²) >= 11 is 0. The van der Waals surface area contributed by atoms with Crippen molar-refractivity contribution < 1.29 is 40.0 Å². The fraction of sp³-hybridized carbons (Fsp3) is 0.381. The van der Waals surface area contributed by atoms with Crippen molar-refractivity contribution in [2.24, 2.45) is 0 Å². The Labute approximate surface area is 188 Å². The molecule has 5 nitrogen and oxygen atoms in total. The van der Waals surface area contributed by atoms with E-state index >= 15 is 0 Å². The fourth-order valence-corrected chi connectivity index (χ4v) is 3.80. The van der Waals surface area contributed by atoms with Gasteiger partial charge < -0.3 is 9.47 Å². The van der Waals surface area contributed by atoms with Crippen molar-refractivity contribution in [3.05, 3.63) is 59.7 Å². The summed E-state index contributed by atoms with van der Waals surface area (Å²) in [6, 6.07) is 11.0. The monoisotopic (exact) mass is 494 g/mol. The Kier molecular flexibility index (Phi) is 7.71. The molecule has 180 valence electrons. The van der Waals surface area contributed by atoms with Gasteiger partial charge in [-0.05, 0) is 56.2 Å². The van der Waals surface area contributed by atoms with Crippen molar-refractivity contribution in [2.45, 2.75) is 50.2 Å². The van der Waals surface area contributed by atoms with Gasteiger partial charge in [0.05, 0.1) is 33.8 Å². The minimum absolute atomic E-state index is 0.0209. The van der Waals surface area contributed by atoms with E-state index in [0.717, 1.165) is 24.3 Å². The molecule has 0 aliphatic rings. The van der Waals surface area contributed by atoms with Crippen molar-refractivity contribution in [3.8, 4) is 17.6 Å². The number of halogens is 6. The van der Waals surface area contributed by atoms with Crippen LogP contribution >= 0.6 is 0 Å². The smallest absolute Gasteiger partial charge is 0.406 e. The molecule has 0 heterocycles. The third kappa shape index (κ3) is 7.36. The van der Waals surface area contributed by atoms with Crippen LogP contribution in [-0.2, 0) is 16.5 Å². The van der Waals surface area contributed by atoms with Crippen molar-refractivity contribution in [1.29, 1.82) is 5.26 Å². The second-order valence-electron chi connectivity index (χ2n) is 7.87. The SMILES string of the molecule is CC(C)(C)[S@](=O)NC(CC#N)(c1cccc(OC(F)(F)F)c1)c1cccc(OC(F)(F)F)c1. The molecule has 0 aliphatic heterocycles. The van der Waals surface area contributed by atoms with Crippen LogP contribution in [0.5, 0.6) is 11.5 Å². The second-order valence-corrected chi connectivity index (χ2v) is 9.84. The van der Waals surface area contributed by atoms with Gasteiger partial charge in [-0.3, -0.25) is 0 Å². The third-order valence-corrected chi connectivity index (χ3v) is 5.93. The minimum atomic E-state index is -5.00. The van der Waals surface area contributed by atoms with Crippen LogP contribution < -0.4 is 14.2 Å². The topological polar surface area (TPSA) is 71.4 Å². The first-order chi connectivity index (χ1) is 15.1. The second kappa shape index (κ2) is 9.61. The number of ether oxygens (including phenoxy) is 2. The largest absolute Gasteiger partial charge is 0.573 e. The first kappa shape index (κ1) is 26.5. The number of hydrogen-bond acceptors (Lipinski definition) is 4. The molecule has 0 bridgehead atoms. The lowest BCUT2D eigenvalue weighted by molar-refractivity contribution is -0.275. The first-order valence-corrected chi connectivity index (χ1v) is 10.5. The maximum absolute atomic E-state index is 13.0. The lowest BCUT2D eigenvalue weighted by Gasteiger charge is -2.36. The molecule has 0 radical (unpaired) electrons. The van der Waals surface area contributed by atoms with Gasteiger partial charge in [-0.15, -0.1) is 26.3 Å². The highest BCUT2D eigenvalue weighted by Crippen LogP contribution is 2.39. The summed E-state index contributed by atoms with van der Waals surface area (Å²) in [5.41, 5.74) is -1.72. The normalized spacial score (nSPS) is 13.8. The molecular formula is C21H20F6N2O3S. The van der Waals surface area contributed by atoms with Crippen LogP contribution in [0, 0.1) is 11.3 Å². The number of alkyl halides is 6. The standard InChI is InChI=1S/C21H20F6N2O3S/c1-18(2,3)33(30)29-19(10-11-28,14-6-4-8-16(12-14)31-20(22,23)24)15-7-5-9-17(13-15)32-21(25,26)27/h4-9,12-13,29H,10H2,1-3H3/t33-/m0/s1. The van der Waals surface area contributed by atoms with Gasteiger partial charge in [0.25, 0.3) is 0 Å². The predicted octanol–water partition coefficient (Wildman–Crippen LogP) is 5.69. The van der Waals surface area contributed by atoms with E-state index in [2.05, 4.69) is 14.2 Å². The zero-order valence-corrected chi connectivity index (χ0v) is 18.5. The number of nitrogens with one attached hydrogen (secondary N) is 1. The highest BCUT2D eigenvalue weighted by atomic mass is 32.2. The molecule has 0 aliphatic carbocycles. The molecule has 0 saturated carbocycles. The molecule has 0 amide bonds.